The summed E-state index contributed by atoms with van der Waals surface area (Å²) in [6.07, 6.45) is 1.87. The maximum absolute atomic E-state index is 12.6. The molecule has 0 aliphatic heterocycles. The first-order chi connectivity index (χ1) is 10.7. The normalized spacial score (nSPS) is 11.1. The molecule has 1 amide bonds. The van der Waals surface area contributed by atoms with Gasteiger partial charge in [-0.1, -0.05) is 41.7 Å². The van der Waals surface area contributed by atoms with Crippen molar-refractivity contribution >= 4 is 38.9 Å². The van der Waals surface area contributed by atoms with Crippen LogP contribution in [0, 0.1) is 0 Å². The molecule has 0 spiro atoms. The second kappa shape index (κ2) is 4.96. The van der Waals surface area contributed by atoms with Gasteiger partial charge in [0.25, 0.3) is 5.91 Å². The quantitative estimate of drug-likeness (QED) is 0.564. The van der Waals surface area contributed by atoms with E-state index in [0.717, 1.165) is 21.7 Å². The molecule has 0 N–H and O–H groups in total. The van der Waals surface area contributed by atoms with E-state index in [-0.39, 0.29) is 5.91 Å². The van der Waals surface area contributed by atoms with Gasteiger partial charge in [-0.3, -0.25) is 9.20 Å². The number of nitrogens with zero attached hydrogens (tertiary/aromatic N) is 3. The van der Waals surface area contributed by atoms with Crippen molar-refractivity contribution in [2.24, 2.45) is 0 Å². The molecular formula is C17H13N3OS. The van der Waals surface area contributed by atoms with Crippen LogP contribution in [0.4, 0.5) is 5.69 Å². The van der Waals surface area contributed by atoms with Crippen molar-refractivity contribution in [3.05, 3.63) is 65.7 Å². The van der Waals surface area contributed by atoms with Gasteiger partial charge in [-0.25, -0.2) is 4.98 Å². The smallest absolute Gasteiger partial charge is 0.269 e. The Labute approximate surface area is 131 Å². The van der Waals surface area contributed by atoms with Gasteiger partial charge in [-0.2, -0.15) is 0 Å². The molecule has 22 heavy (non-hydrogen) atoms. The first-order valence-corrected chi connectivity index (χ1v) is 7.75. The lowest BCUT2D eigenvalue weighted by atomic mass is 10.3. The lowest BCUT2D eigenvalue weighted by Gasteiger charge is -2.15. The number of amides is 1. The van der Waals surface area contributed by atoms with Gasteiger partial charge >= 0.3 is 0 Å². The van der Waals surface area contributed by atoms with Crippen molar-refractivity contribution in [2.75, 3.05) is 11.9 Å². The van der Waals surface area contributed by atoms with Crippen LogP contribution >= 0.6 is 11.3 Å². The highest BCUT2D eigenvalue weighted by molar-refractivity contribution is 7.19. The zero-order chi connectivity index (χ0) is 15.1. The Balaban J connectivity index is 1.76. The number of aromatic nitrogens is 2. The Bertz CT molecular complexity index is 971. The van der Waals surface area contributed by atoms with Crippen LogP contribution in [-0.2, 0) is 0 Å². The summed E-state index contributed by atoms with van der Waals surface area (Å²) >= 11 is 1.41. The van der Waals surface area contributed by atoms with E-state index in [4.69, 9.17) is 0 Å². The van der Waals surface area contributed by atoms with E-state index in [9.17, 15) is 4.79 Å². The molecule has 0 unspecified atom stereocenters. The molecule has 2 aromatic heterocycles. The summed E-state index contributed by atoms with van der Waals surface area (Å²) in [7, 11) is 1.79. The monoisotopic (exact) mass is 307 g/mol. The van der Waals surface area contributed by atoms with E-state index in [1.54, 1.807) is 11.9 Å². The molecule has 0 saturated carbocycles. The maximum Gasteiger partial charge on any atom is 0.269 e. The number of hydrogen-bond acceptors (Lipinski definition) is 3. The summed E-state index contributed by atoms with van der Waals surface area (Å²) in [6.45, 7) is 0. The molecule has 2 heterocycles. The van der Waals surface area contributed by atoms with E-state index >= 15 is 0 Å². The number of anilines is 1. The fourth-order valence-electron chi connectivity index (χ4n) is 2.49. The predicted molar refractivity (Wildman–Crippen MR) is 89.8 cm³/mol. The van der Waals surface area contributed by atoms with Crippen molar-refractivity contribution in [1.82, 2.24) is 9.38 Å². The second-order valence-electron chi connectivity index (χ2n) is 5.05. The van der Waals surface area contributed by atoms with Crippen molar-refractivity contribution in [2.45, 2.75) is 0 Å². The number of thiazole rings is 1. The molecule has 0 bridgehead atoms. The van der Waals surface area contributed by atoms with Crippen LogP contribution in [0.1, 0.15) is 9.67 Å². The van der Waals surface area contributed by atoms with Gasteiger partial charge in [0, 0.05) is 18.9 Å². The molecule has 0 fully saturated rings. The Morgan fingerprint density at radius 1 is 1.09 bits per heavy atom. The highest BCUT2D eigenvalue weighted by Gasteiger charge is 2.18. The van der Waals surface area contributed by atoms with Crippen LogP contribution in [0.5, 0.6) is 0 Å². The van der Waals surface area contributed by atoms with Gasteiger partial charge < -0.3 is 4.90 Å². The fourth-order valence-corrected chi connectivity index (χ4v) is 3.47. The van der Waals surface area contributed by atoms with Gasteiger partial charge in [-0.05, 0) is 24.3 Å². The molecule has 108 valence electrons. The van der Waals surface area contributed by atoms with Crippen molar-refractivity contribution < 1.29 is 4.79 Å². The Morgan fingerprint density at radius 3 is 2.64 bits per heavy atom. The minimum absolute atomic E-state index is 0.0224. The minimum atomic E-state index is -0.0224. The molecule has 2 aromatic carbocycles. The average molecular weight is 307 g/mol. The number of carbonyl (C=O) groups is 1. The summed E-state index contributed by atoms with van der Waals surface area (Å²) in [5.41, 5.74) is 2.85. The largest absolute Gasteiger partial charge is 0.311 e. The van der Waals surface area contributed by atoms with Crippen molar-refractivity contribution in [1.29, 1.82) is 0 Å². The SMILES string of the molecule is CN(C(=O)c1cn2c(nc3ccccc32)s1)c1ccccc1. The lowest BCUT2D eigenvalue weighted by Crippen LogP contribution is -2.25. The van der Waals surface area contributed by atoms with Crippen molar-refractivity contribution in [3.63, 3.8) is 0 Å². The maximum atomic E-state index is 12.6. The third kappa shape index (κ3) is 1.98. The molecule has 4 rings (SSSR count). The zero-order valence-corrected chi connectivity index (χ0v) is 12.7. The summed E-state index contributed by atoms with van der Waals surface area (Å²) < 4.78 is 1.98. The molecule has 4 aromatic rings. The fraction of sp³-hybridized carbons (Fsp3) is 0.0588. The third-order valence-corrected chi connectivity index (χ3v) is 4.64. The van der Waals surface area contributed by atoms with Crippen LogP contribution < -0.4 is 4.90 Å². The highest BCUT2D eigenvalue weighted by atomic mass is 32.1. The summed E-state index contributed by atoms with van der Waals surface area (Å²) in [6, 6.07) is 17.6. The van der Waals surface area contributed by atoms with E-state index < -0.39 is 0 Å². The van der Waals surface area contributed by atoms with Crippen LogP contribution in [-0.4, -0.2) is 22.3 Å². The van der Waals surface area contributed by atoms with E-state index in [0.29, 0.717) is 4.88 Å². The molecule has 0 aliphatic rings. The van der Waals surface area contributed by atoms with E-state index in [1.807, 2.05) is 65.2 Å². The predicted octanol–water partition coefficient (Wildman–Crippen LogP) is 3.83. The zero-order valence-electron chi connectivity index (χ0n) is 11.9. The van der Waals surface area contributed by atoms with Crippen molar-refractivity contribution in [3.8, 4) is 0 Å². The number of fused-ring (bicyclic) bond motifs is 3. The van der Waals surface area contributed by atoms with Gasteiger partial charge in [-0.15, -0.1) is 0 Å². The van der Waals surface area contributed by atoms with Crippen LogP contribution in [0.15, 0.2) is 60.8 Å². The van der Waals surface area contributed by atoms with Gasteiger partial charge in [0.15, 0.2) is 4.96 Å². The topological polar surface area (TPSA) is 37.6 Å². The van der Waals surface area contributed by atoms with Gasteiger partial charge in [0.2, 0.25) is 0 Å². The number of para-hydroxylation sites is 3. The highest BCUT2D eigenvalue weighted by Crippen LogP contribution is 2.25. The van der Waals surface area contributed by atoms with Crippen LogP contribution in [0.2, 0.25) is 0 Å². The van der Waals surface area contributed by atoms with E-state index in [1.165, 1.54) is 11.3 Å². The minimum Gasteiger partial charge on any atom is -0.311 e. The van der Waals surface area contributed by atoms with E-state index in [2.05, 4.69) is 4.98 Å². The second-order valence-corrected chi connectivity index (χ2v) is 6.06. The lowest BCUT2D eigenvalue weighted by molar-refractivity contribution is 0.0996. The average Bonchev–Trinajstić information content (AvgIpc) is 3.12. The number of carbonyl (C=O) groups excluding carboxylic acids is 1. The third-order valence-electron chi connectivity index (χ3n) is 3.67. The number of rotatable bonds is 2. The Hall–Kier alpha value is -2.66. The van der Waals surface area contributed by atoms with Crippen LogP contribution in [0.25, 0.3) is 16.0 Å². The standard InChI is InChI=1S/C17H13N3OS/c1-19(12-7-3-2-4-8-12)16(21)15-11-20-14-10-6-5-9-13(14)18-17(20)22-15/h2-11H,1H3. The molecule has 0 atom stereocenters. The molecule has 0 aliphatic carbocycles. The number of imidazole rings is 1. The van der Waals surface area contributed by atoms with Gasteiger partial charge in [0.05, 0.1) is 11.0 Å². The molecule has 4 nitrogen and oxygen atoms in total. The molecule has 0 radical (unpaired) electrons. The number of hydrogen-bond donors (Lipinski definition) is 0. The van der Waals surface area contributed by atoms with Crippen LogP contribution in [0.3, 0.4) is 0 Å². The Kier molecular flexibility index (Phi) is 2.94. The van der Waals surface area contributed by atoms with Gasteiger partial charge in [0.1, 0.15) is 4.88 Å². The summed E-state index contributed by atoms with van der Waals surface area (Å²) in [5, 5.41) is 0. The molecule has 0 saturated heterocycles. The molecule has 5 heteroatoms. The first-order valence-electron chi connectivity index (χ1n) is 6.94. The molecular weight excluding hydrogens is 294 g/mol. The Morgan fingerprint density at radius 2 is 1.82 bits per heavy atom. The first kappa shape index (κ1) is 13.0. The summed E-state index contributed by atoms with van der Waals surface area (Å²) in [4.78, 5) is 20.4. The summed E-state index contributed by atoms with van der Waals surface area (Å²) in [5.74, 6) is -0.0224. The number of benzene rings is 2.